The summed E-state index contributed by atoms with van der Waals surface area (Å²) in [5, 5.41) is 0. The first-order valence-corrected chi connectivity index (χ1v) is 5.29. The van der Waals surface area contributed by atoms with Crippen molar-refractivity contribution in [3.8, 4) is 0 Å². The highest BCUT2D eigenvalue weighted by Crippen LogP contribution is 2.19. The number of nitrogens with zero attached hydrogens (tertiary/aromatic N) is 1. The molecule has 0 atom stereocenters. The Morgan fingerprint density at radius 3 is 2.18 bits per heavy atom. The fraction of sp³-hybridized carbons (Fsp3) is 0.333. The number of hydrogen-bond donors (Lipinski definition) is 0. The van der Waals surface area contributed by atoms with Gasteiger partial charge in [0.05, 0.1) is 0 Å². The third kappa shape index (κ3) is 1.75. The zero-order chi connectivity index (χ0) is 8.65. The van der Waals surface area contributed by atoms with E-state index in [4.69, 9.17) is 10.7 Å². The first-order chi connectivity index (χ1) is 4.91. The summed E-state index contributed by atoms with van der Waals surface area (Å²) in [6.07, 6.45) is 3.19. The monoisotopic (exact) mass is 193 g/mol. The van der Waals surface area contributed by atoms with E-state index in [-0.39, 0.29) is 4.90 Å². The van der Waals surface area contributed by atoms with E-state index in [2.05, 4.69) is 0 Å². The maximum absolute atomic E-state index is 10.8. The summed E-state index contributed by atoms with van der Waals surface area (Å²) in [5.41, 5.74) is 0.669. The maximum Gasteiger partial charge on any atom is 0.263 e. The van der Waals surface area contributed by atoms with E-state index in [1.165, 1.54) is 6.20 Å². The molecule has 0 aliphatic carbocycles. The van der Waals surface area contributed by atoms with Crippen LogP contribution in [0, 0.1) is 6.92 Å². The van der Waals surface area contributed by atoms with Crippen molar-refractivity contribution in [3.05, 3.63) is 18.0 Å². The smallest absolute Gasteiger partial charge is 0.263 e. The topological polar surface area (TPSA) is 39.1 Å². The molecule has 0 spiro atoms. The summed E-state index contributed by atoms with van der Waals surface area (Å²) in [6.45, 7) is 1.70. The molecule has 0 aromatic carbocycles. The Hall–Kier alpha value is -0.480. The summed E-state index contributed by atoms with van der Waals surface area (Å²) in [5.74, 6) is 0. The van der Waals surface area contributed by atoms with Crippen molar-refractivity contribution < 1.29 is 8.42 Å². The van der Waals surface area contributed by atoms with Gasteiger partial charge in [0.2, 0.25) is 0 Å². The largest absolute Gasteiger partial charge is 0.356 e. The van der Waals surface area contributed by atoms with Crippen molar-refractivity contribution in [3.63, 3.8) is 0 Å². The molecular weight excluding hydrogens is 186 g/mol. The molecule has 0 amide bonds. The van der Waals surface area contributed by atoms with E-state index in [0.29, 0.717) is 5.56 Å². The van der Waals surface area contributed by atoms with Crippen molar-refractivity contribution >= 4 is 19.7 Å². The second-order valence-electron chi connectivity index (χ2n) is 2.41. The van der Waals surface area contributed by atoms with Gasteiger partial charge in [-0.05, 0) is 12.5 Å². The Labute approximate surface area is 70.0 Å². The van der Waals surface area contributed by atoms with Gasteiger partial charge in [-0.3, -0.25) is 0 Å². The molecule has 1 rings (SSSR count). The van der Waals surface area contributed by atoms with E-state index < -0.39 is 9.05 Å². The van der Waals surface area contributed by atoms with Crippen molar-refractivity contribution in [1.82, 2.24) is 4.57 Å². The highest BCUT2D eigenvalue weighted by atomic mass is 35.7. The van der Waals surface area contributed by atoms with Gasteiger partial charge in [-0.25, -0.2) is 8.42 Å². The molecule has 0 saturated carbocycles. The van der Waals surface area contributed by atoms with Gasteiger partial charge in [-0.15, -0.1) is 0 Å². The molecule has 0 aliphatic heterocycles. The van der Waals surface area contributed by atoms with Gasteiger partial charge in [0.25, 0.3) is 9.05 Å². The van der Waals surface area contributed by atoms with Crippen molar-refractivity contribution in [2.75, 3.05) is 0 Å². The van der Waals surface area contributed by atoms with Crippen LogP contribution in [0.3, 0.4) is 0 Å². The number of aryl methyl sites for hydroxylation is 2. The minimum atomic E-state index is -3.56. The second-order valence-corrected chi connectivity index (χ2v) is 4.94. The number of aromatic nitrogens is 1. The Morgan fingerprint density at radius 2 is 2.00 bits per heavy atom. The quantitative estimate of drug-likeness (QED) is 0.630. The Balaban J connectivity index is 3.36. The van der Waals surface area contributed by atoms with E-state index in [1.54, 1.807) is 24.7 Å². The molecule has 0 bridgehead atoms. The van der Waals surface area contributed by atoms with Crippen molar-refractivity contribution in [2.24, 2.45) is 7.05 Å². The van der Waals surface area contributed by atoms with E-state index in [1.807, 2.05) is 0 Å². The van der Waals surface area contributed by atoms with Crippen LogP contribution < -0.4 is 0 Å². The molecule has 3 nitrogen and oxygen atoms in total. The fourth-order valence-corrected chi connectivity index (χ4v) is 2.16. The molecule has 11 heavy (non-hydrogen) atoms. The van der Waals surface area contributed by atoms with Crippen LogP contribution in [0.2, 0.25) is 0 Å². The summed E-state index contributed by atoms with van der Waals surface area (Å²) in [6, 6.07) is 0. The zero-order valence-corrected chi connectivity index (χ0v) is 7.78. The Bertz CT molecular complexity index is 366. The zero-order valence-electron chi connectivity index (χ0n) is 6.20. The first kappa shape index (κ1) is 8.62. The summed E-state index contributed by atoms with van der Waals surface area (Å²) < 4.78 is 23.3. The fourth-order valence-electron chi connectivity index (χ4n) is 0.948. The van der Waals surface area contributed by atoms with Crippen LogP contribution >= 0.6 is 10.7 Å². The maximum atomic E-state index is 10.8. The molecule has 0 unspecified atom stereocenters. The summed E-state index contributed by atoms with van der Waals surface area (Å²) in [4.78, 5) is 0.182. The van der Waals surface area contributed by atoms with Crippen LogP contribution in [0.1, 0.15) is 5.56 Å². The lowest BCUT2D eigenvalue weighted by Crippen LogP contribution is -1.89. The average molecular weight is 194 g/mol. The number of hydrogen-bond acceptors (Lipinski definition) is 2. The Morgan fingerprint density at radius 1 is 1.45 bits per heavy atom. The minimum Gasteiger partial charge on any atom is -0.356 e. The predicted molar refractivity (Wildman–Crippen MR) is 43.2 cm³/mol. The van der Waals surface area contributed by atoms with Crippen molar-refractivity contribution in [1.29, 1.82) is 0 Å². The molecule has 62 valence electrons. The number of halogens is 1. The standard InChI is InChI=1S/C6H8ClNO2S/c1-5-3-8(2)4-6(5)11(7,9)10/h3-4H,1-2H3. The molecular formula is C6H8ClNO2S. The lowest BCUT2D eigenvalue weighted by molar-refractivity contribution is 0.609. The first-order valence-electron chi connectivity index (χ1n) is 2.98. The van der Waals surface area contributed by atoms with Crippen LogP contribution in [0.5, 0.6) is 0 Å². The molecule has 0 fully saturated rings. The van der Waals surface area contributed by atoms with Crippen molar-refractivity contribution in [2.45, 2.75) is 11.8 Å². The van der Waals surface area contributed by atoms with Crippen LogP contribution in [-0.2, 0) is 16.1 Å². The molecule has 1 aromatic rings. The van der Waals surface area contributed by atoms with Crippen LogP contribution in [0.25, 0.3) is 0 Å². The van der Waals surface area contributed by atoms with Gasteiger partial charge in [0, 0.05) is 30.1 Å². The van der Waals surface area contributed by atoms with E-state index >= 15 is 0 Å². The average Bonchev–Trinajstić information content (AvgIpc) is 2.08. The van der Waals surface area contributed by atoms with Gasteiger partial charge >= 0.3 is 0 Å². The molecule has 1 heterocycles. The van der Waals surface area contributed by atoms with E-state index in [0.717, 1.165) is 0 Å². The predicted octanol–water partition coefficient (Wildman–Crippen LogP) is 1.26. The normalized spacial score (nSPS) is 11.9. The van der Waals surface area contributed by atoms with Crippen LogP contribution in [0.4, 0.5) is 0 Å². The Kier molecular flexibility index (Phi) is 1.98. The summed E-state index contributed by atoms with van der Waals surface area (Å²) in [7, 11) is 3.32. The van der Waals surface area contributed by atoms with Crippen LogP contribution in [0.15, 0.2) is 17.3 Å². The lowest BCUT2D eigenvalue weighted by atomic mass is 10.4. The van der Waals surface area contributed by atoms with Gasteiger partial charge in [-0.1, -0.05) is 0 Å². The molecule has 0 radical (unpaired) electrons. The van der Waals surface area contributed by atoms with Gasteiger partial charge in [-0.2, -0.15) is 0 Å². The van der Waals surface area contributed by atoms with Gasteiger partial charge in [0.1, 0.15) is 4.90 Å². The summed E-state index contributed by atoms with van der Waals surface area (Å²) >= 11 is 0. The van der Waals surface area contributed by atoms with Gasteiger partial charge in [0.15, 0.2) is 0 Å². The molecule has 0 saturated heterocycles. The lowest BCUT2D eigenvalue weighted by Gasteiger charge is -1.89. The third-order valence-electron chi connectivity index (χ3n) is 1.37. The second kappa shape index (κ2) is 2.53. The highest BCUT2D eigenvalue weighted by molar-refractivity contribution is 8.13. The van der Waals surface area contributed by atoms with E-state index in [9.17, 15) is 8.42 Å². The van der Waals surface area contributed by atoms with Gasteiger partial charge < -0.3 is 4.57 Å². The van der Waals surface area contributed by atoms with Crippen LogP contribution in [-0.4, -0.2) is 13.0 Å². The minimum absolute atomic E-state index is 0.182. The SMILES string of the molecule is Cc1cn(C)cc1S(=O)(=O)Cl. The molecule has 5 heteroatoms. The number of rotatable bonds is 1. The molecule has 1 aromatic heterocycles. The third-order valence-corrected chi connectivity index (χ3v) is 2.82. The highest BCUT2D eigenvalue weighted by Gasteiger charge is 2.14. The molecule has 0 aliphatic rings. The molecule has 0 N–H and O–H groups in total.